The third-order valence-electron chi connectivity index (χ3n) is 8.84. The van der Waals surface area contributed by atoms with Crippen molar-refractivity contribution in [2.75, 3.05) is 0 Å². The monoisotopic (exact) mass is 405 g/mol. The van der Waals surface area contributed by atoms with Crippen molar-refractivity contribution in [2.45, 2.75) is 76.1 Å². The van der Waals surface area contributed by atoms with Gasteiger partial charge in [-0.1, -0.05) is 23.7 Å². The first-order valence-corrected chi connectivity index (χ1v) is 10.4. The fraction of sp³-hybridized carbons (Fsp3) is 0.727. The van der Waals surface area contributed by atoms with Gasteiger partial charge in [0.1, 0.15) is 6.04 Å². The Bertz CT molecular complexity index is 839. The van der Waals surface area contributed by atoms with Crippen LogP contribution in [0.1, 0.15) is 58.8 Å². The highest BCUT2D eigenvalue weighted by Crippen LogP contribution is 2.70. The Hall–Kier alpha value is -1.89. The molecule has 4 aliphatic rings. The second-order valence-electron chi connectivity index (χ2n) is 9.83. The lowest BCUT2D eigenvalue weighted by Crippen LogP contribution is -2.67. The lowest BCUT2D eigenvalue weighted by Gasteiger charge is -2.62. The van der Waals surface area contributed by atoms with E-state index in [0.717, 1.165) is 0 Å². The molecule has 0 saturated heterocycles. The van der Waals surface area contributed by atoms with E-state index in [0.29, 0.717) is 31.3 Å². The number of rotatable bonds is 4. The number of fused-ring (bicyclic) bond motifs is 5. The molecule has 0 bridgehead atoms. The van der Waals surface area contributed by atoms with Crippen LogP contribution in [0.2, 0.25) is 0 Å². The van der Waals surface area contributed by atoms with Crippen LogP contribution in [0.5, 0.6) is 0 Å². The summed E-state index contributed by atoms with van der Waals surface area (Å²) in [5, 5.41) is 23.7. The number of carboxylic acids is 1. The van der Waals surface area contributed by atoms with Crippen molar-refractivity contribution in [1.82, 2.24) is 0 Å². The van der Waals surface area contributed by atoms with Crippen LogP contribution in [-0.2, 0) is 9.59 Å². The Kier molecular flexibility index (Phi) is 4.43. The minimum absolute atomic E-state index is 0.0783. The van der Waals surface area contributed by atoms with Crippen molar-refractivity contribution in [3.63, 3.8) is 0 Å². The molecule has 0 aromatic rings. The Morgan fingerprint density at radius 2 is 2.03 bits per heavy atom. The summed E-state index contributed by atoms with van der Waals surface area (Å²) in [4.78, 5) is 34.9. The summed E-state index contributed by atoms with van der Waals surface area (Å²) < 4.78 is 17.0. The van der Waals surface area contributed by atoms with Gasteiger partial charge in [0, 0.05) is 23.2 Å². The molecule has 0 heterocycles. The molecule has 4 rings (SSSR count). The van der Waals surface area contributed by atoms with E-state index in [1.54, 1.807) is 13.0 Å². The van der Waals surface area contributed by atoms with Crippen molar-refractivity contribution < 1.29 is 24.2 Å². The molecule has 6 nitrogen and oxygen atoms in total. The quantitative estimate of drug-likeness (QED) is 0.694. The molecule has 29 heavy (non-hydrogen) atoms. The maximum atomic E-state index is 17.0. The molecule has 0 radical (unpaired) electrons. The van der Waals surface area contributed by atoms with Crippen molar-refractivity contribution >= 4 is 11.8 Å². The number of carboxylic acid groups (broad SMARTS) is 1. The molecule has 0 amide bonds. The van der Waals surface area contributed by atoms with Crippen LogP contribution < -0.4 is 0 Å². The summed E-state index contributed by atoms with van der Waals surface area (Å²) in [5.41, 5.74) is -4.33. The van der Waals surface area contributed by atoms with Crippen LogP contribution >= 0.6 is 0 Å². The van der Waals surface area contributed by atoms with E-state index >= 15 is 4.39 Å². The van der Waals surface area contributed by atoms with Gasteiger partial charge in [-0.25, -0.2) is 4.39 Å². The molecule has 0 aromatic carbocycles. The van der Waals surface area contributed by atoms with Crippen molar-refractivity contribution in [3.05, 3.63) is 28.7 Å². The number of alkyl halides is 1. The highest BCUT2D eigenvalue weighted by molar-refractivity contribution is 6.01. The lowest BCUT2D eigenvalue weighted by atomic mass is 9.44. The van der Waals surface area contributed by atoms with E-state index in [-0.39, 0.29) is 31.0 Å². The molecule has 3 saturated carbocycles. The molecule has 4 aliphatic carbocycles. The van der Waals surface area contributed by atoms with Gasteiger partial charge in [0.15, 0.2) is 11.5 Å². The summed E-state index contributed by atoms with van der Waals surface area (Å²) in [6.07, 6.45) is 6.50. The number of halogens is 1. The Morgan fingerprint density at radius 1 is 1.31 bits per heavy atom. The number of nitrogens with zero attached hydrogens (tertiary/aromatic N) is 1. The van der Waals surface area contributed by atoms with Gasteiger partial charge >= 0.3 is 5.97 Å². The van der Waals surface area contributed by atoms with E-state index in [9.17, 15) is 19.6 Å². The van der Waals surface area contributed by atoms with Crippen LogP contribution in [0.25, 0.3) is 0 Å². The normalized spacial score (nSPS) is 48.3. The summed E-state index contributed by atoms with van der Waals surface area (Å²) in [7, 11) is 0. The second kappa shape index (κ2) is 6.30. The fourth-order valence-electron chi connectivity index (χ4n) is 7.14. The molecule has 7 atom stereocenters. The topological polar surface area (TPSA) is 104 Å². The number of aliphatic carboxylic acids is 1. The number of allylic oxidation sites excluding steroid dienone is 4. The summed E-state index contributed by atoms with van der Waals surface area (Å²) in [6, 6.07) is -1.17. The summed E-state index contributed by atoms with van der Waals surface area (Å²) in [6.45, 7) is 3.62. The van der Waals surface area contributed by atoms with Crippen LogP contribution in [0.3, 0.4) is 0 Å². The van der Waals surface area contributed by atoms with E-state index < -0.39 is 40.0 Å². The Labute approximate surface area is 169 Å². The third-order valence-corrected chi connectivity index (χ3v) is 8.84. The van der Waals surface area contributed by atoms with Gasteiger partial charge in [0.2, 0.25) is 0 Å². The number of carbonyl (C=O) groups is 2. The number of ketones is 1. The molecule has 1 unspecified atom stereocenters. The van der Waals surface area contributed by atoms with Gasteiger partial charge in [-0.15, -0.1) is 0 Å². The van der Waals surface area contributed by atoms with E-state index in [2.05, 4.69) is 5.18 Å². The smallest absolute Gasteiger partial charge is 0.303 e. The van der Waals surface area contributed by atoms with Crippen molar-refractivity contribution in [2.24, 2.45) is 27.8 Å². The van der Waals surface area contributed by atoms with Crippen LogP contribution in [0.15, 0.2) is 29.0 Å². The molecule has 2 N–H and O–H groups in total. The first kappa shape index (κ1) is 20.4. The molecule has 3 fully saturated rings. The predicted octanol–water partition coefficient (Wildman–Crippen LogP) is 3.73. The van der Waals surface area contributed by atoms with Crippen LogP contribution in [-0.4, -0.2) is 39.3 Å². The summed E-state index contributed by atoms with van der Waals surface area (Å²) >= 11 is 0. The zero-order valence-corrected chi connectivity index (χ0v) is 16.9. The number of aliphatic hydroxyl groups is 1. The minimum Gasteiger partial charge on any atom is -0.481 e. The van der Waals surface area contributed by atoms with Gasteiger partial charge in [0.05, 0.1) is 5.60 Å². The number of hydrogen-bond acceptors (Lipinski definition) is 5. The average molecular weight is 405 g/mol. The Morgan fingerprint density at radius 3 is 2.69 bits per heavy atom. The zero-order chi connectivity index (χ0) is 21.2. The lowest BCUT2D eigenvalue weighted by molar-refractivity contribution is -0.177. The molecule has 7 heteroatoms. The Balaban J connectivity index is 1.78. The third kappa shape index (κ3) is 2.49. The molecule has 158 valence electrons. The molecular weight excluding hydrogens is 377 g/mol. The minimum atomic E-state index is -1.93. The van der Waals surface area contributed by atoms with Crippen LogP contribution in [0.4, 0.5) is 4.39 Å². The SMILES string of the molecule is C[C@]12C=CC(=O)C=C1CC[C@H]1[C@@H]3CC[C@](O)(CCC(=O)O)[C@@]3(C)CC(N=O)[C@@]12F. The highest BCUT2D eigenvalue weighted by Gasteiger charge is 2.73. The van der Waals surface area contributed by atoms with E-state index in [4.69, 9.17) is 5.11 Å². The first-order chi connectivity index (χ1) is 13.5. The van der Waals surface area contributed by atoms with Gasteiger partial charge in [-0.2, -0.15) is 4.91 Å². The predicted molar refractivity (Wildman–Crippen MR) is 104 cm³/mol. The van der Waals surface area contributed by atoms with E-state index in [1.165, 1.54) is 12.2 Å². The maximum absolute atomic E-state index is 17.0. The van der Waals surface area contributed by atoms with Crippen LogP contribution in [0, 0.1) is 27.6 Å². The molecule has 0 aromatic heterocycles. The first-order valence-electron chi connectivity index (χ1n) is 10.4. The number of hydrogen-bond donors (Lipinski definition) is 2. The zero-order valence-electron chi connectivity index (χ0n) is 16.9. The van der Waals surface area contributed by atoms with Gasteiger partial charge in [-0.05, 0) is 63.5 Å². The molecular formula is C22H28FNO5. The maximum Gasteiger partial charge on any atom is 0.303 e. The summed E-state index contributed by atoms with van der Waals surface area (Å²) in [5.74, 6) is -1.81. The van der Waals surface area contributed by atoms with Gasteiger partial charge in [0.25, 0.3) is 0 Å². The second-order valence-corrected chi connectivity index (χ2v) is 9.83. The van der Waals surface area contributed by atoms with E-state index in [1.807, 2.05) is 6.92 Å². The highest BCUT2D eigenvalue weighted by atomic mass is 19.1. The average Bonchev–Trinajstić information content (AvgIpc) is 2.92. The van der Waals surface area contributed by atoms with Crippen molar-refractivity contribution in [3.8, 4) is 0 Å². The fourth-order valence-corrected chi connectivity index (χ4v) is 7.14. The van der Waals surface area contributed by atoms with Gasteiger partial charge < -0.3 is 10.2 Å². The molecule has 0 spiro atoms. The van der Waals surface area contributed by atoms with Crippen molar-refractivity contribution in [1.29, 1.82) is 0 Å². The number of carbonyl (C=O) groups excluding carboxylic acids is 1. The van der Waals surface area contributed by atoms with Gasteiger partial charge in [-0.3, -0.25) is 9.59 Å². The number of nitroso groups, excluding NO2 is 1. The largest absolute Gasteiger partial charge is 0.481 e. The standard InChI is InChI=1S/C22H28FNO5/c1-19-8-5-14(25)11-13(19)3-4-16-15-6-9-21(28,10-7-18(26)27)20(15,2)12-17(24-29)22(16,19)23/h5,8,11,15-17,28H,3-4,6-7,9-10,12H2,1-2H3,(H,26,27)/t15-,16-,17?,19-,20-,21-,22-/m0/s1. The molecule has 0 aliphatic heterocycles.